The van der Waals surface area contributed by atoms with Crippen LogP contribution in [0.4, 0.5) is 0 Å². The van der Waals surface area contributed by atoms with Crippen molar-refractivity contribution in [3.63, 3.8) is 0 Å². The van der Waals surface area contributed by atoms with E-state index in [0.717, 1.165) is 12.3 Å². The predicted molar refractivity (Wildman–Crippen MR) is 82.3 cm³/mol. The van der Waals surface area contributed by atoms with E-state index in [2.05, 4.69) is 55.0 Å². The lowest BCUT2D eigenvalue weighted by Gasteiger charge is -2.21. The topological polar surface area (TPSA) is 21.3 Å². The number of nitrogens with one attached hydrogen (secondary N) is 1. The van der Waals surface area contributed by atoms with Crippen LogP contribution in [-0.2, 0) is 0 Å². The minimum atomic E-state index is 0.265. The lowest BCUT2D eigenvalue weighted by Crippen LogP contribution is -2.22. The van der Waals surface area contributed by atoms with Gasteiger partial charge in [-0.2, -0.15) is 11.3 Å². The first-order chi connectivity index (χ1) is 9.17. The number of hydrogen-bond donors (Lipinski definition) is 1. The van der Waals surface area contributed by atoms with Gasteiger partial charge >= 0.3 is 0 Å². The third-order valence-electron chi connectivity index (χ3n) is 3.38. The molecule has 0 aliphatic carbocycles. The molecule has 0 bridgehead atoms. The van der Waals surface area contributed by atoms with Crippen LogP contribution in [0.25, 0.3) is 0 Å². The lowest BCUT2D eigenvalue weighted by atomic mass is 9.94. The van der Waals surface area contributed by atoms with Gasteiger partial charge in [0.1, 0.15) is 5.75 Å². The van der Waals surface area contributed by atoms with Crippen molar-refractivity contribution in [2.45, 2.75) is 26.8 Å². The summed E-state index contributed by atoms with van der Waals surface area (Å²) in [6.45, 7) is 7.34. The van der Waals surface area contributed by atoms with E-state index in [1.54, 1.807) is 18.4 Å². The summed E-state index contributed by atoms with van der Waals surface area (Å²) in [6, 6.07) is 6.82. The predicted octanol–water partition coefficient (Wildman–Crippen LogP) is 4.07. The summed E-state index contributed by atoms with van der Waals surface area (Å²) in [5.74, 6) is 0.960. The Morgan fingerprint density at radius 2 is 2.05 bits per heavy atom. The summed E-state index contributed by atoms with van der Waals surface area (Å²) >= 11 is 1.74. The molecule has 3 heteroatoms. The number of ether oxygens (including phenoxy) is 1. The zero-order valence-corrected chi connectivity index (χ0v) is 12.8. The number of hydrogen-bond acceptors (Lipinski definition) is 3. The highest BCUT2D eigenvalue weighted by atomic mass is 32.1. The van der Waals surface area contributed by atoms with E-state index in [-0.39, 0.29) is 6.04 Å². The molecule has 1 atom stereocenters. The maximum Gasteiger partial charge on any atom is 0.122 e. The van der Waals surface area contributed by atoms with Gasteiger partial charge in [-0.1, -0.05) is 13.0 Å². The second-order valence-electron chi connectivity index (χ2n) is 4.73. The van der Waals surface area contributed by atoms with Gasteiger partial charge in [-0.25, -0.2) is 0 Å². The fourth-order valence-corrected chi connectivity index (χ4v) is 3.08. The minimum absolute atomic E-state index is 0.265. The monoisotopic (exact) mass is 275 g/mol. The molecule has 0 radical (unpaired) electrons. The number of thiophene rings is 1. The Bertz CT molecular complexity index is 534. The molecule has 1 heterocycles. The van der Waals surface area contributed by atoms with Crippen LogP contribution in [-0.4, -0.2) is 13.7 Å². The lowest BCUT2D eigenvalue weighted by molar-refractivity contribution is 0.411. The second kappa shape index (κ2) is 6.22. The Hall–Kier alpha value is -1.32. The van der Waals surface area contributed by atoms with Crippen molar-refractivity contribution in [3.8, 4) is 5.75 Å². The highest BCUT2D eigenvalue weighted by Crippen LogP contribution is 2.31. The number of methoxy groups -OCH3 is 1. The molecule has 1 aromatic carbocycles. The molecule has 1 unspecified atom stereocenters. The Labute approximate surface area is 119 Å². The van der Waals surface area contributed by atoms with Crippen molar-refractivity contribution in [1.29, 1.82) is 0 Å². The van der Waals surface area contributed by atoms with Gasteiger partial charge in [-0.15, -0.1) is 0 Å². The van der Waals surface area contributed by atoms with Crippen LogP contribution in [0.15, 0.2) is 29.0 Å². The SMILES string of the molecule is CCNC(c1ccsc1)c1cc(C)c(OC)cc1C. The normalized spacial score (nSPS) is 12.4. The quantitative estimate of drug-likeness (QED) is 0.888. The molecule has 2 aromatic rings. The molecular weight excluding hydrogens is 254 g/mol. The Kier molecular flexibility index (Phi) is 4.61. The van der Waals surface area contributed by atoms with E-state index >= 15 is 0 Å². The fraction of sp³-hybridized carbons (Fsp3) is 0.375. The summed E-state index contributed by atoms with van der Waals surface area (Å²) in [4.78, 5) is 0. The standard InChI is InChI=1S/C16H21NOS/c1-5-17-16(13-6-7-19-10-13)14-8-12(3)15(18-4)9-11(14)2/h6-10,16-17H,5H2,1-4H3. The van der Waals surface area contributed by atoms with Gasteiger partial charge in [0.05, 0.1) is 13.2 Å². The minimum Gasteiger partial charge on any atom is -0.496 e. The van der Waals surface area contributed by atoms with Gasteiger partial charge in [-0.05, 0) is 65.5 Å². The molecule has 19 heavy (non-hydrogen) atoms. The molecule has 2 rings (SSSR count). The molecular formula is C16H21NOS. The molecule has 1 aromatic heterocycles. The van der Waals surface area contributed by atoms with E-state index in [0.29, 0.717) is 0 Å². The maximum atomic E-state index is 5.39. The molecule has 2 nitrogen and oxygen atoms in total. The molecule has 0 aliphatic heterocycles. The van der Waals surface area contributed by atoms with Crippen molar-refractivity contribution in [2.75, 3.05) is 13.7 Å². The summed E-state index contributed by atoms with van der Waals surface area (Å²) in [5.41, 5.74) is 5.11. The maximum absolute atomic E-state index is 5.39. The van der Waals surface area contributed by atoms with Crippen LogP contribution in [0.3, 0.4) is 0 Å². The molecule has 0 amide bonds. The highest BCUT2D eigenvalue weighted by molar-refractivity contribution is 7.08. The molecule has 0 spiro atoms. The third kappa shape index (κ3) is 2.99. The van der Waals surface area contributed by atoms with Gasteiger partial charge in [0.15, 0.2) is 0 Å². The zero-order chi connectivity index (χ0) is 13.8. The molecule has 0 saturated carbocycles. The van der Waals surface area contributed by atoms with Crippen molar-refractivity contribution in [3.05, 3.63) is 51.2 Å². The number of benzene rings is 1. The van der Waals surface area contributed by atoms with Gasteiger partial charge in [0.25, 0.3) is 0 Å². The third-order valence-corrected chi connectivity index (χ3v) is 4.08. The van der Waals surface area contributed by atoms with Crippen molar-refractivity contribution >= 4 is 11.3 Å². The first-order valence-electron chi connectivity index (χ1n) is 6.58. The molecule has 1 N–H and O–H groups in total. The van der Waals surface area contributed by atoms with Crippen LogP contribution < -0.4 is 10.1 Å². The largest absolute Gasteiger partial charge is 0.496 e. The smallest absolute Gasteiger partial charge is 0.122 e. The Balaban J connectivity index is 2.45. The van der Waals surface area contributed by atoms with Crippen molar-refractivity contribution in [2.24, 2.45) is 0 Å². The second-order valence-corrected chi connectivity index (χ2v) is 5.51. The van der Waals surface area contributed by atoms with Gasteiger partial charge < -0.3 is 10.1 Å². The average molecular weight is 275 g/mol. The molecule has 0 aliphatic rings. The van der Waals surface area contributed by atoms with Gasteiger partial charge in [0, 0.05) is 0 Å². The van der Waals surface area contributed by atoms with E-state index in [1.165, 1.54) is 22.3 Å². The van der Waals surface area contributed by atoms with Crippen molar-refractivity contribution < 1.29 is 4.74 Å². The zero-order valence-electron chi connectivity index (χ0n) is 12.0. The fourth-order valence-electron chi connectivity index (χ4n) is 2.39. The molecule has 102 valence electrons. The van der Waals surface area contributed by atoms with E-state index in [1.807, 2.05) is 0 Å². The summed E-state index contributed by atoms with van der Waals surface area (Å²) in [5, 5.41) is 7.92. The Morgan fingerprint density at radius 1 is 1.26 bits per heavy atom. The number of aryl methyl sites for hydroxylation is 2. The molecule has 0 fully saturated rings. The number of rotatable bonds is 5. The average Bonchev–Trinajstić information content (AvgIpc) is 2.92. The van der Waals surface area contributed by atoms with Crippen LogP contribution in [0.2, 0.25) is 0 Å². The van der Waals surface area contributed by atoms with E-state index in [9.17, 15) is 0 Å². The molecule has 0 saturated heterocycles. The van der Waals surface area contributed by atoms with Crippen LogP contribution in [0, 0.1) is 13.8 Å². The van der Waals surface area contributed by atoms with E-state index < -0.39 is 0 Å². The van der Waals surface area contributed by atoms with Crippen LogP contribution in [0.1, 0.15) is 35.2 Å². The van der Waals surface area contributed by atoms with Gasteiger partial charge in [-0.3, -0.25) is 0 Å². The van der Waals surface area contributed by atoms with Gasteiger partial charge in [0.2, 0.25) is 0 Å². The first-order valence-corrected chi connectivity index (χ1v) is 7.52. The van der Waals surface area contributed by atoms with E-state index in [4.69, 9.17) is 4.74 Å². The summed E-state index contributed by atoms with van der Waals surface area (Å²) < 4.78 is 5.39. The van der Waals surface area contributed by atoms with Crippen LogP contribution in [0.5, 0.6) is 5.75 Å². The highest BCUT2D eigenvalue weighted by Gasteiger charge is 2.17. The summed E-state index contributed by atoms with van der Waals surface area (Å²) in [6.07, 6.45) is 0. The van der Waals surface area contributed by atoms with Crippen molar-refractivity contribution in [1.82, 2.24) is 5.32 Å². The van der Waals surface area contributed by atoms with Crippen LogP contribution >= 0.6 is 11.3 Å². The Morgan fingerprint density at radius 3 is 2.63 bits per heavy atom. The first kappa shape index (κ1) is 14.1. The summed E-state index contributed by atoms with van der Waals surface area (Å²) in [7, 11) is 1.72.